The lowest BCUT2D eigenvalue weighted by Crippen LogP contribution is -2.52. The molecule has 1 amide bonds. The molecule has 1 aliphatic heterocycles. The number of carbonyl (C=O) groups excluding carboxylic acids is 1. The number of nitrogens with zero attached hydrogens (tertiary/aromatic N) is 1. The van der Waals surface area contributed by atoms with Crippen molar-refractivity contribution in [2.45, 2.75) is 31.3 Å². The summed E-state index contributed by atoms with van der Waals surface area (Å²) in [5.74, 6) is 1.18. The zero-order valence-electron chi connectivity index (χ0n) is 13.4. The molecule has 1 heterocycles. The van der Waals surface area contributed by atoms with Gasteiger partial charge in [0.25, 0.3) is 0 Å². The molecule has 1 aliphatic carbocycles. The summed E-state index contributed by atoms with van der Waals surface area (Å²) in [7, 11) is -1.65. The molecule has 1 saturated heterocycles. The standard InChI is InChI=1S/C16H22N2O4S/c1-22-13-5-3-4-11(6-13)9-16(19)18-10-12-7-14(15(18)8-12)17-23(2,20)21/h3-6,12,14-15,17H,7-10H2,1-2H3. The van der Waals surface area contributed by atoms with Crippen LogP contribution >= 0.6 is 0 Å². The van der Waals surface area contributed by atoms with Crippen LogP contribution in [-0.2, 0) is 21.2 Å². The van der Waals surface area contributed by atoms with Gasteiger partial charge in [0.2, 0.25) is 15.9 Å². The first kappa shape index (κ1) is 16.3. The number of rotatable bonds is 5. The lowest BCUT2D eigenvalue weighted by Gasteiger charge is -2.33. The van der Waals surface area contributed by atoms with Gasteiger partial charge in [0.15, 0.2) is 0 Å². The zero-order valence-corrected chi connectivity index (χ0v) is 14.2. The maximum absolute atomic E-state index is 12.6. The Labute approximate surface area is 136 Å². The minimum Gasteiger partial charge on any atom is -0.497 e. The van der Waals surface area contributed by atoms with E-state index in [0.717, 1.165) is 30.7 Å². The minimum atomic E-state index is -3.25. The Balaban J connectivity index is 1.68. The van der Waals surface area contributed by atoms with Crippen molar-refractivity contribution in [1.82, 2.24) is 9.62 Å². The van der Waals surface area contributed by atoms with Gasteiger partial charge in [-0.2, -0.15) is 0 Å². The van der Waals surface area contributed by atoms with E-state index in [2.05, 4.69) is 4.72 Å². The minimum absolute atomic E-state index is 0.0205. The molecule has 2 aliphatic rings. The van der Waals surface area contributed by atoms with Crippen LogP contribution in [0.1, 0.15) is 18.4 Å². The zero-order chi connectivity index (χ0) is 16.6. The number of likely N-dealkylation sites (tertiary alicyclic amines) is 1. The number of hydrogen-bond acceptors (Lipinski definition) is 4. The summed E-state index contributed by atoms with van der Waals surface area (Å²) in [4.78, 5) is 14.5. The molecule has 23 heavy (non-hydrogen) atoms. The van der Waals surface area contributed by atoms with Crippen molar-refractivity contribution in [2.75, 3.05) is 19.9 Å². The Bertz CT molecular complexity index is 704. The SMILES string of the molecule is COc1cccc(CC(=O)N2CC3CC(NS(C)(=O)=O)C2C3)c1. The van der Waals surface area contributed by atoms with E-state index in [4.69, 9.17) is 4.74 Å². The molecule has 1 saturated carbocycles. The fourth-order valence-electron chi connectivity index (χ4n) is 3.77. The summed E-state index contributed by atoms with van der Waals surface area (Å²) in [5, 5.41) is 0. The highest BCUT2D eigenvalue weighted by Crippen LogP contribution is 2.38. The van der Waals surface area contributed by atoms with Crippen molar-refractivity contribution in [2.24, 2.45) is 5.92 Å². The van der Waals surface area contributed by atoms with E-state index in [-0.39, 0.29) is 18.0 Å². The Hall–Kier alpha value is -1.60. The van der Waals surface area contributed by atoms with Crippen LogP contribution in [0, 0.1) is 5.92 Å². The number of ether oxygens (including phenoxy) is 1. The first-order chi connectivity index (χ1) is 10.9. The van der Waals surface area contributed by atoms with Crippen LogP contribution < -0.4 is 9.46 Å². The summed E-state index contributed by atoms with van der Waals surface area (Å²) in [6.07, 6.45) is 3.19. The normalized spacial score (nSPS) is 26.5. The molecule has 126 valence electrons. The molecule has 3 atom stereocenters. The van der Waals surface area contributed by atoms with Crippen LogP contribution in [-0.4, -0.2) is 51.2 Å². The third-order valence-corrected chi connectivity index (χ3v) is 5.39. The van der Waals surface area contributed by atoms with Gasteiger partial charge < -0.3 is 9.64 Å². The fraction of sp³-hybridized carbons (Fsp3) is 0.562. The monoisotopic (exact) mass is 338 g/mol. The van der Waals surface area contributed by atoms with Crippen molar-refractivity contribution in [3.05, 3.63) is 29.8 Å². The van der Waals surface area contributed by atoms with E-state index in [0.29, 0.717) is 12.3 Å². The molecule has 6 nitrogen and oxygen atoms in total. The number of fused-ring (bicyclic) bond motifs is 2. The van der Waals surface area contributed by atoms with Gasteiger partial charge in [-0.1, -0.05) is 12.1 Å². The summed E-state index contributed by atoms with van der Waals surface area (Å²) in [6.45, 7) is 0.732. The molecule has 2 fully saturated rings. The van der Waals surface area contributed by atoms with E-state index >= 15 is 0 Å². The number of methoxy groups -OCH3 is 1. The quantitative estimate of drug-likeness (QED) is 0.861. The number of hydrogen-bond donors (Lipinski definition) is 1. The molecule has 1 N–H and O–H groups in total. The van der Waals surface area contributed by atoms with Crippen LogP contribution in [0.2, 0.25) is 0 Å². The highest BCUT2D eigenvalue weighted by Gasteiger charge is 2.47. The second-order valence-corrected chi connectivity index (χ2v) is 8.26. The van der Waals surface area contributed by atoms with Gasteiger partial charge in [-0.3, -0.25) is 4.79 Å². The number of amides is 1. The smallest absolute Gasteiger partial charge is 0.227 e. The van der Waals surface area contributed by atoms with Gasteiger partial charge >= 0.3 is 0 Å². The van der Waals surface area contributed by atoms with Crippen molar-refractivity contribution in [3.8, 4) is 5.75 Å². The van der Waals surface area contributed by atoms with Gasteiger partial charge in [0.05, 0.1) is 19.8 Å². The second kappa shape index (κ2) is 6.13. The third-order valence-electron chi connectivity index (χ3n) is 4.66. The van der Waals surface area contributed by atoms with Gasteiger partial charge in [-0.25, -0.2) is 13.1 Å². The Morgan fingerprint density at radius 3 is 2.83 bits per heavy atom. The van der Waals surface area contributed by atoms with Gasteiger partial charge in [0.1, 0.15) is 5.75 Å². The Morgan fingerprint density at radius 1 is 1.39 bits per heavy atom. The number of carbonyl (C=O) groups is 1. The number of nitrogens with one attached hydrogen (secondary N) is 1. The lowest BCUT2D eigenvalue weighted by molar-refractivity contribution is -0.132. The molecule has 0 radical (unpaired) electrons. The predicted molar refractivity (Wildman–Crippen MR) is 86.7 cm³/mol. The first-order valence-electron chi connectivity index (χ1n) is 7.75. The topological polar surface area (TPSA) is 75.7 Å². The van der Waals surface area contributed by atoms with E-state index < -0.39 is 10.0 Å². The first-order valence-corrected chi connectivity index (χ1v) is 9.64. The van der Waals surface area contributed by atoms with Gasteiger partial charge in [0, 0.05) is 18.6 Å². The van der Waals surface area contributed by atoms with Crippen molar-refractivity contribution in [1.29, 1.82) is 0 Å². The average molecular weight is 338 g/mol. The maximum atomic E-state index is 12.6. The van der Waals surface area contributed by atoms with Crippen LogP contribution in [0.3, 0.4) is 0 Å². The van der Waals surface area contributed by atoms with Crippen molar-refractivity contribution < 1.29 is 17.9 Å². The van der Waals surface area contributed by atoms with Gasteiger partial charge in [-0.05, 0) is 36.5 Å². The van der Waals surface area contributed by atoms with E-state index in [1.807, 2.05) is 29.2 Å². The van der Waals surface area contributed by atoms with Crippen LogP contribution in [0.25, 0.3) is 0 Å². The Morgan fingerprint density at radius 2 is 2.17 bits per heavy atom. The lowest BCUT2D eigenvalue weighted by atomic mass is 10.0. The molecule has 1 aromatic carbocycles. The van der Waals surface area contributed by atoms with E-state index in [1.54, 1.807) is 7.11 Å². The maximum Gasteiger partial charge on any atom is 0.227 e. The van der Waals surface area contributed by atoms with Crippen LogP contribution in [0.5, 0.6) is 5.75 Å². The third kappa shape index (κ3) is 3.67. The predicted octanol–water partition coefficient (Wildman–Crippen LogP) is 0.776. The van der Waals surface area contributed by atoms with Crippen molar-refractivity contribution >= 4 is 15.9 Å². The molecular formula is C16H22N2O4S. The molecule has 3 unspecified atom stereocenters. The van der Waals surface area contributed by atoms with E-state index in [9.17, 15) is 13.2 Å². The molecule has 1 aromatic rings. The fourth-order valence-corrected chi connectivity index (χ4v) is 4.58. The van der Waals surface area contributed by atoms with E-state index in [1.165, 1.54) is 6.26 Å². The molecule has 2 bridgehead atoms. The summed E-state index contributed by atoms with van der Waals surface area (Å²) < 4.78 is 30.8. The Kier molecular flexibility index (Phi) is 4.33. The molecular weight excluding hydrogens is 316 g/mol. The average Bonchev–Trinajstić information content (AvgIpc) is 3.05. The highest BCUT2D eigenvalue weighted by molar-refractivity contribution is 7.88. The second-order valence-electron chi connectivity index (χ2n) is 6.48. The number of sulfonamides is 1. The van der Waals surface area contributed by atoms with Crippen LogP contribution in [0.15, 0.2) is 24.3 Å². The summed E-state index contributed by atoms with van der Waals surface area (Å²) in [5.41, 5.74) is 0.907. The van der Waals surface area contributed by atoms with Gasteiger partial charge in [-0.15, -0.1) is 0 Å². The highest BCUT2D eigenvalue weighted by atomic mass is 32.2. The largest absolute Gasteiger partial charge is 0.497 e. The molecule has 3 rings (SSSR count). The number of benzene rings is 1. The molecule has 0 spiro atoms. The summed E-state index contributed by atoms with van der Waals surface area (Å²) in [6, 6.07) is 7.30. The molecule has 0 aromatic heterocycles. The number of piperidine rings is 1. The van der Waals surface area contributed by atoms with Crippen LogP contribution in [0.4, 0.5) is 0 Å². The summed E-state index contributed by atoms with van der Waals surface area (Å²) >= 11 is 0. The molecule has 7 heteroatoms. The van der Waals surface area contributed by atoms with Crippen molar-refractivity contribution in [3.63, 3.8) is 0 Å².